The van der Waals surface area contributed by atoms with Crippen molar-refractivity contribution in [2.45, 2.75) is 5.60 Å². The average molecular weight is 590 g/mol. The van der Waals surface area contributed by atoms with E-state index in [4.69, 9.17) is 0 Å². The van der Waals surface area contributed by atoms with Gasteiger partial charge in [0.1, 0.15) is 5.60 Å². The summed E-state index contributed by atoms with van der Waals surface area (Å²) in [6, 6.07) is 51.1. The molecule has 1 N–H and O–H groups in total. The molecule has 0 aromatic heterocycles. The van der Waals surface area contributed by atoms with Crippen molar-refractivity contribution in [2.75, 3.05) is 0 Å². The maximum absolute atomic E-state index is 12.8. The Kier molecular flexibility index (Phi) is 5.50. The topological polar surface area (TPSA) is 20.2 Å². The number of hydrogen-bond acceptors (Lipinski definition) is 1. The summed E-state index contributed by atoms with van der Waals surface area (Å²) in [5.74, 6) is 0. The summed E-state index contributed by atoms with van der Waals surface area (Å²) in [6.07, 6.45) is 0. The largest absolute Gasteiger partial charge is 0.376 e. The summed E-state index contributed by atoms with van der Waals surface area (Å²) < 4.78 is 0.984. The average Bonchev–Trinajstić information content (AvgIpc) is 3.28. The molecule has 2 heteroatoms. The smallest absolute Gasteiger partial charge is 0.141 e. The molecule has 7 aromatic carbocycles. The SMILES string of the molecule is OC1(c2ccc(Br)cc2)c2cc(-c3ccc4ccccc4c3)ccc2-c2ccc(-c3ccc4ccccc4c3)cc21. The van der Waals surface area contributed by atoms with Crippen molar-refractivity contribution < 1.29 is 5.11 Å². The van der Waals surface area contributed by atoms with Gasteiger partial charge >= 0.3 is 0 Å². The summed E-state index contributed by atoms with van der Waals surface area (Å²) in [6.45, 7) is 0. The molecule has 1 nitrogen and oxygen atoms in total. The molecular formula is C39H25BrO. The van der Waals surface area contributed by atoms with E-state index in [0.29, 0.717) is 0 Å². The van der Waals surface area contributed by atoms with Crippen LogP contribution in [-0.4, -0.2) is 5.11 Å². The van der Waals surface area contributed by atoms with E-state index in [0.717, 1.165) is 54.5 Å². The molecule has 0 unspecified atom stereocenters. The zero-order valence-corrected chi connectivity index (χ0v) is 23.8. The van der Waals surface area contributed by atoms with Crippen LogP contribution in [0.25, 0.3) is 54.9 Å². The summed E-state index contributed by atoms with van der Waals surface area (Å²) in [5.41, 5.74) is 7.99. The second kappa shape index (κ2) is 9.27. The number of halogens is 1. The summed E-state index contributed by atoms with van der Waals surface area (Å²) in [5, 5.41) is 17.7. The van der Waals surface area contributed by atoms with Gasteiger partial charge in [0.2, 0.25) is 0 Å². The highest BCUT2D eigenvalue weighted by Crippen LogP contribution is 2.53. The number of hydrogen-bond donors (Lipinski definition) is 1. The van der Waals surface area contributed by atoms with Crippen LogP contribution in [0.1, 0.15) is 16.7 Å². The van der Waals surface area contributed by atoms with Crippen molar-refractivity contribution in [1.29, 1.82) is 0 Å². The molecule has 7 aromatic rings. The Balaban J connectivity index is 1.32. The van der Waals surface area contributed by atoms with Crippen LogP contribution in [0, 0.1) is 0 Å². The molecule has 0 heterocycles. The van der Waals surface area contributed by atoms with Gasteiger partial charge in [0, 0.05) is 15.6 Å². The van der Waals surface area contributed by atoms with Crippen molar-refractivity contribution in [2.24, 2.45) is 0 Å². The van der Waals surface area contributed by atoms with Crippen LogP contribution in [0.4, 0.5) is 0 Å². The predicted molar refractivity (Wildman–Crippen MR) is 174 cm³/mol. The fraction of sp³-hybridized carbons (Fsp3) is 0.0256. The van der Waals surface area contributed by atoms with E-state index in [1.165, 1.54) is 21.5 Å². The van der Waals surface area contributed by atoms with Crippen molar-refractivity contribution in [3.8, 4) is 33.4 Å². The Morgan fingerprint density at radius 2 is 0.829 bits per heavy atom. The highest BCUT2D eigenvalue weighted by Gasteiger charge is 2.43. The monoisotopic (exact) mass is 588 g/mol. The van der Waals surface area contributed by atoms with Gasteiger partial charge in [-0.25, -0.2) is 0 Å². The molecule has 0 atom stereocenters. The molecule has 194 valence electrons. The second-order valence-corrected chi connectivity index (χ2v) is 11.8. The fourth-order valence-corrected chi connectivity index (χ4v) is 6.67. The van der Waals surface area contributed by atoms with Crippen LogP contribution in [0.15, 0.2) is 150 Å². The third-order valence-electron chi connectivity index (χ3n) is 8.54. The van der Waals surface area contributed by atoms with Crippen LogP contribution >= 0.6 is 15.9 Å². The van der Waals surface area contributed by atoms with Crippen LogP contribution in [0.5, 0.6) is 0 Å². The lowest BCUT2D eigenvalue weighted by Crippen LogP contribution is -2.26. The lowest BCUT2D eigenvalue weighted by atomic mass is 9.82. The summed E-state index contributed by atoms with van der Waals surface area (Å²) in [4.78, 5) is 0. The molecule has 1 aliphatic carbocycles. The van der Waals surface area contributed by atoms with Gasteiger partial charge in [0.15, 0.2) is 0 Å². The molecule has 0 saturated heterocycles. The van der Waals surface area contributed by atoms with Crippen molar-refractivity contribution in [1.82, 2.24) is 0 Å². The fourth-order valence-electron chi connectivity index (χ4n) is 6.40. The lowest BCUT2D eigenvalue weighted by molar-refractivity contribution is 0.131. The minimum atomic E-state index is -1.29. The minimum absolute atomic E-state index is 0.854. The second-order valence-electron chi connectivity index (χ2n) is 10.9. The van der Waals surface area contributed by atoms with Crippen LogP contribution in [-0.2, 0) is 5.60 Å². The van der Waals surface area contributed by atoms with Gasteiger partial charge in [0.25, 0.3) is 0 Å². The number of aliphatic hydroxyl groups is 1. The van der Waals surface area contributed by atoms with E-state index in [1.54, 1.807) is 0 Å². The first kappa shape index (κ1) is 24.3. The summed E-state index contributed by atoms with van der Waals surface area (Å²) in [7, 11) is 0. The third-order valence-corrected chi connectivity index (χ3v) is 9.07. The quantitative estimate of drug-likeness (QED) is 0.217. The van der Waals surface area contributed by atoms with Crippen molar-refractivity contribution in [3.05, 3.63) is 167 Å². The molecule has 0 bridgehead atoms. The van der Waals surface area contributed by atoms with E-state index >= 15 is 0 Å². The molecule has 0 aliphatic heterocycles. The Bertz CT molecular complexity index is 2000. The first-order valence-electron chi connectivity index (χ1n) is 13.8. The molecular weight excluding hydrogens is 564 g/mol. The van der Waals surface area contributed by atoms with E-state index < -0.39 is 5.60 Å². The highest BCUT2D eigenvalue weighted by molar-refractivity contribution is 9.10. The van der Waals surface area contributed by atoms with E-state index in [2.05, 4.69) is 137 Å². The van der Waals surface area contributed by atoms with Crippen LogP contribution in [0.3, 0.4) is 0 Å². The number of benzene rings is 7. The van der Waals surface area contributed by atoms with Crippen molar-refractivity contribution in [3.63, 3.8) is 0 Å². The molecule has 41 heavy (non-hydrogen) atoms. The van der Waals surface area contributed by atoms with Gasteiger partial charge in [-0.05, 0) is 96.9 Å². The zero-order valence-electron chi connectivity index (χ0n) is 22.2. The van der Waals surface area contributed by atoms with Gasteiger partial charge < -0.3 is 5.11 Å². The van der Waals surface area contributed by atoms with Gasteiger partial charge in [-0.1, -0.05) is 125 Å². The number of fused-ring (bicyclic) bond motifs is 5. The van der Waals surface area contributed by atoms with E-state index in [9.17, 15) is 5.11 Å². The van der Waals surface area contributed by atoms with E-state index in [1.807, 2.05) is 24.3 Å². The molecule has 0 spiro atoms. The van der Waals surface area contributed by atoms with Gasteiger partial charge in [0.05, 0.1) is 0 Å². The molecule has 8 rings (SSSR count). The molecule has 0 saturated carbocycles. The van der Waals surface area contributed by atoms with Gasteiger partial charge in [-0.2, -0.15) is 0 Å². The Hall–Kier alpha value is -4.50. The molecule has 1 aliphatic rings. The Labute approximate surface area is 247 Å². The maximum atomic E-state index is 12.8. The standard InChI is InChI=1S/C39H25BrO/c40-34-17-15-33(16-18-34)39(41)37-23-31(29-11-9-25-5-1-3-7-27(25)21-29)13-19-35(37)36-20-14-32(24-38(36)39)30-12-10-26-6-2-4-8-28(26)22-30/h1-24,41H. The summed E-state index contributed by atoms with van der Waals surface area (Å²) >= 11 is 3.58. The molecule has 0 fully saturated rings. The first-order valence-corrected chi connectivity index (χ1v) is 14.6. The molecule has 0 radical (unpaired) electrons. The zero-order chi connectivity index (χ0) is 27.6. The Morgan fingerprint density at radius 1 is 0.415 bits per heavy atom. The van der Waals surface area contributed by atoms with Crippen molar-refractivity contribution >= 4 is 37.5 Å². The lowest BCUT2D eigenvalue weighted by Gasteiger charge is -2.27. The van der Waals surface area contributed by atoms with Gasteiger partial charge in [-0.3, -0.25) is 0 Å². The Morgan fingerprint density at radius 3 is 1.32 bits per heavy atom. The van der Waals surface area contributed by atoms with Gasteiger partial charge in [-0.15, -0.1) is 0 Å². The predicted octanol–water partition coefficient (Wildman–Crippen LogP) is 10.4. The third kappa shape index (κ3) is 3.87. The normalized spacial score (nSPS) is 13.3. The molecule has 0 amide bonds. The highest BCUT2D eigenvalue weighted by atomic mass is 79.9. The first-order chi connectivity index (χ1) is 20.1. The van der Waals surface area contributed by atoms with E-state index in [-0.39, 0.29) is 0 Å². The van der Waals surface area contributed by atoms with Crippen LogP contribution in [0.2, 0.25) is 0 Å². The van der Waals surface area contributed by atoms with Crippen LogP contribution < -0.4 is 0 Å². The number of rotatable bonds is 3. The maximum Gasteiger partial charge on any atom is 0.141 e. The minimum Gasteiger partial charge on any atom is -0.376 e.